The molecule has 2 N–H and O–H groups in total. The van der Waals surface area contributed by atoms with Crippen LogP contribution in [0.25, 0.3) is 11.4 Å². The van der Waals surface area contributed by atoms with Gasteiger partial charge in [0.1, 0.15) is 5.82 Å². The Kier molecular flexibility index (Phi) is 3.94. The number of nitrogens with zero attached hydrogens (tertiary/aromatic N) is 3. The van der Waals surface area contributed by atoms with E-state index in [9.17, 15) is 4.79 Å². The van der Waals surface area contributed by atoms with Crippen LogP contribution in [-0.4, -0.2) is 51.2 Å². The molecular formula is C16H21N5O. The molecule has 3 rings (SSSR count). The minimum absolute atomic E-state index is 0.0642. The first kappa shape index (κ1) is 14.7. The Hall–Kier alpha value is -2.21. The first-order valence-corrected chi connectivity index (χ1v) is 7.57. The van der Waals surface area contributed by atoms with Gasteiger partial charge in [0.05, 0.1) is 0 Å². The highest BCUT2D eigenvalue weighted by atomic mass is 16.2. The second-order valence-electron chi connectivity index (χ2n) is 6.00. The molecule has 2 atom stereocenters. The molecule has 1 fully saturated rings. The summed E-state index contributed by atoms with van der Waals surface area (Å²) < 4.78 is 0. The van der Waals surface area contributed by atoms with Crippen LogP contribution in [0.1, 0.15) is 30.0 Å². The summed E-state index contributed by atoms with van der Waals surface area (Å²) in [7, 11) is 0. The topological polar surface area (TPSA) is 73.9 Å². The second-order valence-corrected chi connectivity index (χ2v) is 6.00. The molecule has 2 aromatic rings. The predicted octanol–water partition coefficient (Wildman–Crippen LogP) is 1.60. The largest absolute Gasteiger partial charge is 0.336 e. The third kappa shape index (κ3) is 3.01. The van der Waals surface area contributed by atoms with Crippen molar-refractivity contribution in [1.82, 2.24) is 25.4 Å². The van der Waals surface area contributed by atoms with E-state index in [1.165, 1.54) is 0 Å². The van der Waals surface area contributed by atoms with Gasteiger partial charge in [-0.2, -0.15) is 5.10 Å². The lowest BCUT2D eigenvalue weighted by Gasteiger charge is -2.36. The van der Waals surface area contributed by atoms with Crippen molar-refractivity contribution in [2.45, 2.75) is 32.9 Å². The molecule has 116 valence electrons. The van der Waals surface area contributed by atoms with Crippen molar-refractivity contribution in [2.24, 2.45) is 0 Å². The molecule has 0 aliphatic carbocycles. The van der Waals surface area contributed by atoms with Crippen molar-refractivity contribution in [1.29, 1.82) is 0 Å². The van der Waals surface area contributed by atoms with E-state index < -0.39 is 0 Å². The molecule has 0 saturated carbocycles. The van der Waals surface area contributed by atoms with Crippen molar-refractivity contribution < 1.29 is 4.79 Å². The number of carbonyl (C=O) groups is 1. The summed E-state index contributed by atoms with van der Waals surface area (Å²) in [5.41, 5.74) is 1.53. The summed E-state index contributed by atoms with van der Waals surface area (Å²) in [6, 6.07) is 8.13. The van der Waals surface area contributed by atoms with E-state index >= 15 is 0 Å². The van der Waals surface area contributed by atoms with Crippen LogP contribution < -0.4 is 5.32 Å². The first-order chi connectivity index (χ1) is 10.5. The maximum absolute atomic E-state index is 12.7. The van der Waals surface area contributed by atoms with Crippen molar-refractivity contribution in [3.63, 3.8) is 0 Å². The van der Waals surface area contributed by atoms with E-state index in [4.69, 9.17) is 0 Å². The van der Waals surface area contributed by atoms with Gasteiger partial charge in [-0.3, -0.25) is 9.89 Å². The fraction of sp³-hybridized carbons (Fsp3) is 0.438. The lowest BCUT2D eigenvalue weighted by Crippen LogP contribution is -2.55. The molecule has 0 radical (unpaired) electrons. The highest BCUT2D eigenvalue weighted by Crippen LogP contribution is 2.18. The molecule has 1 aliphatic heterocycles. The number of nitrogens with one attached hydrogen (secondary N) is 2. The van der Waals surface area contributed by atoms with E-state index in [1.54, 1.807) is 0 Å². The quantitative estimate of drug-likeness (QED) is 0.883. The van der Waals surface area contributed by atoms with Crippen LogP contribution in [0.3, 0.4) is 0 Å². The Balaban J connectivity index is 1.84. The number of carbonyl (C=O) groups excluding carboxylic acids is 1. The van der Waals surface area contributed by atoms with Crippen LogP contribution in [-0.2, 0) is 0 Å². The van der Waals surface area contributed by atoms with Gasteiger partial charge in [-0.1, -0.05) is 12.1 Å². The van der Waals surface area contributed by atoms with Crippen LogP contribution in [0, 0.1) is 6.92 Å². The SMILES string of the molecule is Cc1nc(-c2cccc(C(=O)N3CC(C)NC(C)C3)c2)n[nH]1. The van der Waals surface area contributed by atoms with E-state index in [2.05, 4.69) is 34.3 Å². The zero-order valence-electron chi connectivity index (χ0n) is 13.1. The van der Waals surface area contributed by atoms with E-state index in [1.807, 2.05) is 36.1 Å². The number of H-pyrrole nitrogens is 1. The van der Waals surface area contributed by atoms with Crippen molar-refractivity contribution >= 4 is 5.91 Å². The van der Waals surface area contributed by atoms with Gasteiger partial charge in [-0.05, 0) is 32.9 Å². The number of aryl methyl sites for hydroxylation is 1. The Morgan fingerprint density at radius 3 is 2.64 bits per heavy atom. The number of rotatable bonds is 2. The minimum atomic E-state index is 0.0642. The highest BCUT2D eigenvalue weighted by Gasteiger charge is 2.25. The molecule has 1 amide bonds. The summed E-state index contributed by atoms with van der Waals surface area (Å²) in [6.45, 7) is 7.51. The van der Waals surface area contributed by atoms with Crippen molar-refractivity contribution in [2.75, 3.05) is 13.1 Å². The molecule has 2 unspecified atom stereocenters. The summed E-state index contributed by atoms with van der Waals surface area (Å²) in [5.74, 6) is 1.44. The number of hydrogen-bond acceptors (Lipinski definition) is 4. The van der Waals surface area contributed by atoms with E-state index in [0.717, 1.165) is 24.5 Å². The Bertz CT molecular complexity index is 671. The van der Waals surface area contributed by atoms with Gasteiger partial charge in [0.25, 0.3) is 5.91 Å². The van der Waals surface area contributed by atoms with Crippen LogP contribution in [0.5, 0.6) is 0 Å². The summed E-state index contributed by atoms with van der Waals surface area (Å²) >= 11 is 0. The van der Waals surface area contributed by atoms with Gasteiger partial charge in [0.2, 0.25) is 0 Å². The maximum atomic E-state index is 12.7. The van der Waals surface area contributed by atoms with Gasteiger partial charge in [-0.25, -0.2) is 4.98 Å². The molecule has 1 aliphatic rings. The highest BCUT2D eigenvalue weighted by molar-refractivity contribution is 5.95. The molecule has 0 spiro atoms. The number of amides is 1. The second kappa shape index (κ2) is 5.88. The molecule has 1 aromatic carbocycles. The normalized spacial score (nSPS) is 21.9. The zero-order chi connectivity index (χ0) is 15.7. The third-order valence-electron chi connectivity index (χ3n) is 3.81. The predicted molar refractivity (Wildman–Crippen MR) is 84.5 cm³/mol. The van der Waals surface area contributed by atoms with E-state index in [0.29, 0.717) is 23.5 Å². The van der Waals surface area contributed by atoms with Gasteiger partial charge >= 0.3 is 0 Å². The molecule has 6 heteroatoms. The fourth-order valence-corrected chi connectivity index (χ4v) is 2.94. The van der Waals surface area contributed by atoms with E-state index in [-0.39, 0.29) is 5.91 Å². The van der Waals surface area contributed by atoms with Crippen LogP contribution >= 0.6 is 0 Å². The van der Waals surface area contributed by atoms with Crippen LogP contribution in [0.2, 0.25) is 0 Å². The van der Waals surface area contributed by atoms with Crippen molar-refractivity contribution in [3.8, 4) is 11.4 Å². The maximum Gasteiger partial charge on any atom is 0.253 e. The Labute approximate surface area is 129 Å². The molecular weight excluding hydrogens is 278 g/mol. The Morgan fingerprint density at radius 1 is 1.27 bits per heavy atom. The Morgan fingerprint density at radius 2 is 2.00 bits per heavy atom. The van der Waals surface area contributed by atoms with Crippen LogP contribution in [0.4, 0.5) is 0 Å². The summed E-state index contributed by atoms with van der Waals surface area (Å²) in [4.78, 5) is 19.0. The van der Waals surface area contributed by atoms with Gasteiger partial charge in [0, 0.05) is 36.3 Å². The number of aromatic nitrogens is 3. The average Bonchev–Trinajstić information content (AvgIpc) is 2.92. The first-order valence-electron chi connectivity index (χ1n) is 7.57. The molecule has 22 heavy (non-hydrogen) atoms. The number of piperazine rings is 1. The molecule has 6 nitrogen and oxygen atoms in total. The van der Waals surface area contributed by atoms with Crippen molar-refractivity contribution in [3.05, 3.63) is 35.7 Å². The zero-order valence-corrected chi connectivity index (χ0v) is 13.1. The summed E-state index contributed by atoms with van der Waals surface area (Å²) in [5, 5.41) is 10.4. The number of hydrogen-bond donors (Lipinski definition) is 2. The monoisotopic (exact) mass is 299 g/mol. The summed E-state index contributed by atoms with van der Waals surface area (Å²) in [6.07, 6.45) is 0. The third-order valence-corrected chi connectivity index (χ3v) is 3.81. The lowest BCUT2D eigenvalue weighted by atomic mass is 10.1. The minimum Gasteiger partial charge on any atom is -0.336 e. The molecule has 2 heterocycles. The van der Waals surface area contributed by atoms with Crippen LogP contribution in [0.15, 0.2) is 24.3 Å². The number of benzene rings is 1. The molecule has 0 bridgehead atoms. The van der Waals surface area contributed by atoms with Gasteiger partial charge < -0.3 is 10.2 Å². The molecule has 1 aromatic heterocycles. The van der Waals surface area contributed by atoms with Gasteiger partial charge in [-0.15, -0.1) is 0 Å². The fourth-order valence-electron chi connectivity index (χ4n) is 2.94. The average molecular weight is 299 g/mol. The smallest absolute Gasteiger partial charge is 0.253 e. The van der Waals surface area contributed by atoms with Gasteiger partial charge in [0.15, 0.2) is 5.82 Å². The molecule has 1 saturated heterocycles. The standard InChI is InChI=1S/C16H21N5O/c1-10-8-21(9-11(2)17-10)16(22)14-6-4-5-13(7-14)15-18-12(3)19-20-15/h4-7,10-11,17H,8-9H2,1-3H3,(H,18,19,20). The number of aromatic amines is 1. The lowest BCUT2D eigenvalue weighted by molar-refractivity contribution is 0.0674.